The molecule has 0 radical (unpaired) electrons. The van der Waals surface area contributed by atoms with Crippen LogP contribution >= 0.6 is 23.2 Å². The molecule has 1 fully saturated rings. The molecule has 1 saturated heterocycles. The number of nitrogens with one attached hydrogen (secondary N) is 1. The lowest BCUT2D eigenvalue weighted by Crippen LogP contribution is -2.46. The molecule has 0 unspecified atom stereocenters. The Bertz CT molecular complexity index is 893. The van der Waals surface area contributed by atoms with Gasteiger partial charge >= 0.3 is 0 Å². The predicted molar refractivity (Wildman–Crippen MR) is 102 cm³/mol. The maximum Gasteiger partial charge on any atom is 0.253 e. The minimum absolute atomic E-state index is 0.0876. The molecule has 0 aromatic heterocycles. The van der Waals surface area contributed by atoms with Crippen LogP contribution in [0.4, 0.5) is 0 Å². The molecule has 0 bridgehead atoms. The van der Waals surface area contributed by atoms with Gasteiger partial charge in [0.25, 0.3) is 5.91 Å². The first-order valence-corrected chi connectivity index (χ1v) is 10.4. The molecule has 1 aliphatic rings. The van der Waals surface area contributed by atoms with E-state index in [0.717, 1.165) is 0 Å². The Morgan fingerprint density at radius 1 is 1.00 bits per heavy atom. The summed E-state index contributed by atoms with van der Waals surface area (Å²) in [6, 6.07) is 12.9. The first kappa shape index (κ1) is 19.2. The standard InChI is InChI=1S/C18H18Cl2N2O3S/c19-13-5-7-15(8-6-13)26(24,25)22-11-9-14(10-12-22)21-18(23)16-3-1-2-4-17(16)20/h1-8,14H,9-12H2,(H,21,23). The molecule has 3 rings (SSSR count). The van der Waals surface area contributed by atoms with Gasteiger partial charge in [-0.25, -0.2) is 8.42 Å². The van der Waals surface area contributed by atoms with Gasteiger partial charge in [0.05, 0.1) is 15.5 Å². The van der Waals surface area contributed by atoms with E-state index in [1.165, 1.54) is 16.4 Å². The molecule has 138 valence electrons. The van der Waals surface area contributed by atoms with Gasteiger partial charge in [0.1, 0.15) is 0 Å². The van der Waals surface area contributed by atoms with Crippen molar-refractivity contribution in [2.24, 2.45) is 0 Å². The molecule has 2 aromatic carbocycles. The van der Waals surface area contributed by atoms with Gasteiger partial charge in [0, 0.05) is 24.2 Å². The Kier molecular flexibility index (Phi) is 5.87. The molecular formula is C18H18Cl2N2O3S. The van der Waals surface area contributed by atoms with Crippen molar-refractivity contribution in [1.29, 1.82) is 0 Å². The molecule has 0 aliphatic carbocycles. The summed E-state index contributed by atoms with van der Waals surface area (Å²) in [6.45, 7) is 0.691. The van der Waals surface area contributed by atoms with Gasteiger partial charge < -0.3 is 5.32 Å². The third-order valence-electron chi connectivity index (χ3n) is 4.36. The maximum absolute atomic E-state index is 12.7. The van der Waals surface area contributed by atoms with Crippen LogP contribution in [-0.2, 0) is 10.0 Å². The zero-order valence-corrected chi connectivity index (χ0v) is 16.2. The summed E-state index contributed by atoms with van der Waals surface area (Å²) in [4.78, 5) is 12.5. The molecule has 1 aliphatic heterocycles. The number of carbonyl (C=O) groups excluding carboxylic acids is 1. The molecule has 0 spiro atoms. The van der Waals surface area contributed by atoms with E-state index in [4.69, 9.17) is 23.2 Å². The lowest BCUT2D eigenvalue weighted by Gasteiger charge is -2.31. The lowest BCUT2D eigenvalue weighted by atomic mass is 10.1. The van der Waals surface area contributed by atoms with Crippen molar-refractivity contribution < 1.29 is 13.2 Å². The Hall–Kier alpha value is -1.60. The van der Waals surface area contributed by atoms with Crippen molar-refractivity contribution in [3.8, 4) is 0 Å². The van der Waals surface area contributed by atoms with Crippen molar-refractivity contribution in [3.05, 3.63) is 64.1 Å². The number of hydrogen-bond donors (Lipinski definition) is 1. The summed E-state index contributed by atoms with van der Waals surface area (Å²) in [7, 11) is -3.55. The Morgan fingerprint density at radius 2 is 1.62 bits per heavy atom. The van der Waals surface area contributed by atoms with Crippen LogP contribution in [0.3, 0.4) is 0 Å². The third kappa shape index (κ3) is 4.20. The number of amides is 1. The van der Waals surface area contributed by atoms with Crippen molar-refractivity contribution in [2.75, 3.05) is 13.1 Å². The molecule has 0 saturated carbocycles. The van der Waals surface area contributed by atoms with Crippen molar-refractivity contribution >= 4 is 39.1 Å². The number of halogens is 2. The van der Waals surface area contributed by atoms with E-state index in [1.807, 2.05) is 0 Å². The van der Waals surface area contributed by atoms with E-state index in [1.54, 1.807) is 36.4 Å². The van der Waals surface area contributed by atoms with Crippen molar-refractivity contribution in [2.45, 2.75) is 23.8 Å². The first-order chi connectivity index (χ1) is 12.4. The molecule has 0 atom stereocenters. The highest BCUT2D eigenvalue weighted by molar-refractivity contribution is 7.89. The second-order valence-electron chi connectivity index (χ2n) is 6.09. The highest BCUT2D eigenvalue weighted by atomic mass is 35.5. The molecular weight excluding hydrogens is 395 g/mol. The second-order valence-corrected chi connectivity index (χ2v) is 8.87. The fourth-order valence-electron chi connectivity index (χ4n) is 2.90. The van der Waals surface area contributed by atoms with Gasteiger partial charge in [-0.2, -0.15) is 4.31 Å². The summed E-state index contributed by atoms with van der Waals surface area (Å²) in [5.74, 6) is -0.241. The average Bonchev–Trinajstić information content (AvgIpc) is 2.63. The number of carbonyl (C=O) groups is 1. The number of sulfonamides is 1. The van der Waals surface area contributed by atoms with Gasteiger partial charge in [0.15, 0.2) is 0 Å². The van der Waals surface area contributed by atoms with E-state index in [9.17, 15) is 13.2 Å². The number of rotatable bonds is 4. The molecule has 1 amide bonds. The van der Waals surface area contributed by atoms with Crippen LogP contribution < -0.4 is 5.32 Å². The minimum Gasteiger partial charge on any atom is -0.349 e. The Balaban J connectivity index is 1.61. The van der Waals surface area contributed by atoms with E-state index in [0.29, 0.717) is 41.5 Å². The highest BCUT2D eigenvalue weighted by Crippen LogP contribution is 2.23. The number of hydrogen-bond acceptors (Lipinski definition) is 3. The largest absolute Gasteiger partial charge is 0.349 e. The van der Waals surface area contributed by atoms with Crippen LogP contribution in [0.1, 0.15) is 23.2 Å². The number of piperidine rings is 1. The molecule has 8 heteroatoms. The fraction of sp³-hybridized carbons (Fsp3) is 0.278. The maximum atomic E-state index is 12.7. The van der Waals surface area contributed by atoms with E-state index in [2.05, 4.69) is 5.32 Å². The number of nitrogens with zero attached hydrogens (tertiary/aromatic N) is 1. The average molecular weight is 413 g/mol. The Labute approximate surface area is 163 Å². The van der Waals surface area contributed by atoms with Crippen LogP contribution in [0.2, 0.25) is 10.0 Å². The Morgan fingerprint density at radius 3 is 2.23 bits per heavy atom. The lowest BCUT2D eigenvalue weighted by molar-refractivity contribution is 0.0924. The fourth-order valence-corrected chi connectivity index (χ4v) is 4.72. The van der Waals surface area contributed by atoms with Crippen molar-refractivity contribution in [1.82, 2.24) is 9.62 Å². The summed E-state index contributed by atoms with van der Waals surface area (Å²) in [5.41, 5.74) is 0.422. The van der Waals surface area contributed by atoms with E-state index < -0.39 is 10.0 Å². The van der Waals surface area contributed by atoms with Gasteiger partial charge in [-0.3, -0.25) is 4.79 Å². The quantitative estimate of drug-likeness (QED) is 0.834. The minimum atomic E-state index is -3.55. The summed E-state index contributed by atoms with van der Waals surface area (Å²) >= 11 is 11.9. The first-order valence-electron chi connectivity index (χ1n) is 8.19. The zero-order chi connectivity index (χ0) is 18.7. The third-order valence-corrected chi connectivity index (χ3v) is 6.85. The zero-order valence-electron chi connectivity index (χ0n) is 13.9. The summed E-state index contributed by atoms with van der Waals surface area (Å²) in [5, 5.41) is 3.82. The predicted octanol–water partition coefficient (Wildman–Crippen LogP) is 3.58. The van der Waals surface area contributed by atoms with Gasteiger partial charge in [-0.1, -0.05) is 35.3 Å². The highest BCUT2D eigenvalue weighted by Gasteiger charge is 2.30. The van der Waals surface area contributed by atoms with Gasteiger partial charge in [-0.15, -0.1) is 0 Å². The van der Waals surface area contributed by atoms with Gasteiger partial charge in [-0.05, 0) is 49.2 Å². The molecule has 2 aromatic rings. The van der Waals surface area contributed by atoms with Crippen LogP contribution in [0.25, 0.3) is 0 Å². The monoisotopic (exact) mass is 412 g/mol. The summed E-state index contributed by atoms with van der Waals surface area (Å²) in [6.07, 6.45) is 1.09. The molecule has 5 nitrogen and oxygen atoms in total. The van der Waals surface area contributed by atoms with Crippen LogP contribution in [-0.4, -0.2) is 37.8 Å². The van der Waals surface area contributed by atoms with E-state index in [-0.39, 0.29) is 16.8 Å². The number of benzene rings is 2. The van der Waals surface area contributed by atoms with Crippen molar-refractivity contribution in [3.63, 3.8) is 0 Å². The van der Waals surface area contributed by atoms with Crippen LogP contribution in [0.5, 0.6) is 0 Å². The SMILES string of the molecule is O=C(NC1CCN(S(=O)(=O)c2ccc(Cl)cc2)CC1)c1ccccc1Cl. The van der Waals surface area contributed by atoms with Crippen LogP contribution in [0.15, 0.2) is 53.4 Å². The summed E-state index contributed by atoms with van der Waals surface area (Å²) < 4.78 is 26.8. The van der Waals surface area contributed by atoms with Gasteiger partial charge in [0.2, 0.25) is 10.0 Å². The normalized spacial score (nSPS) is 16.4. The second kappa shape index (κ2) is 7.96. The molecule has 1 N–H and O–H groups in total. The van der Waals surface area contributed by atoms with Crippen LogP contribution in [0, 0.1) is 0 Å². The smallest absolute Gasteiger partial charge is 0.253 e. The van der Waals surface area contributed by atoms with E-state index >= 15 is 0 Å². The molecule has 1 heterocycles. The molecule has 26 heavy (non-hydrogen) atoms. The topological polar surface area (TPSA) is 66.5 Å².